The maximum Gasteiger partial charge on any atom is 0.257 e. The van der Waals surface area contributed by atoms with Gasteiger partial charge in [-0.25, -0.2) is 0 Å². The Hall–Kier alpha value is -3.22. The van der Waals surface area contributed by atoms with E-state index in [1.807, 2.05) is 11.0 Å². The summed E-state index contributed by atoms with van der Waals surface area (Å²) in [5.41, 5.74) is 2.58. The molecule has 2 aromatic rings. The van der Waals surface area contributed by atoms with Gasteiger partial charge in [-0.3, -0.25) is 9.59 Å². The van der Waals surface area contributed by atoms with Crippen LogP contribution in [0.1, 0.15) is 46.9 Å². The summed E-state index contributed by atoms with van der Waals surface area (Å²) in [5.74, 6) is 0.997. The molecule has 4 rings (SSSR count). The Balaban J connectivity index is 1.64. The van der Waals surface area contributed by atoms with E-state index in [4.69, 9.17) is 9.47 Å². The maximum atomic E-state index is 13.0. The van der Waals surface area contributed by atoms with Gasteiger partial charge in [0.1, 0.15) is 17.7 Å². The average Bonchev–Trinajstić information content (AvgIpc) is 2.78. The molecule has 0 aliphatic carbocycles. The number of anilines is 2. The van der Waals surface area contributed by atoms with Crippen LogP contribution in [0.25, 0.3) is 0 Å². The van der Waals surface area contributed by atoms with E-state index in [1.54, 1.807) is 44.6 Å². The van der Waals surface area contributed by atoms with Gasteiger partial charge in [0.2, 0.25) is 0 Å². The Kier molecular flexibility index (Phi) is 5.53. The summed E-state index contributed by atoms with van der Waals surface area (Å²) in [6.07, 6.45) is 3.18. The van der Waals surface area contributed by atoms with Gasteiger partial charge in [0.05, 0.1) is 25.5 Å². The van der Waals surface area contributed by atoms with Gasteiger partial charge in [0, 0.05) is 42.5 Å². The lowest BCUT2D eigenvalue weighted by molar-refractivity contribution is 0.0582. The van der Waals surface area contributed by atoms with Gasteiger partial charge in [0.15, 0.2) is 0 Å². The van der Waals surface area contributed by atoms with Crippen molar-refractivity contribution in [3.63, 3.8) is 0 Å². The molecule has 1 atom stereocenters. The van der Waals surface area contributed by atoms with Crippen LogP contribution in [0.2, 0.25) is 0 Å². The van der Waals surface area contributed by atoms with Crippen LogP contribution in [-0.4, -0.2) is 50.2 Å². The molecule has 2 aliphatic rings. The van der Waals surface area contributed by atoms with Gasteiger partial charge >= 0.3 is 0 Å². The number of nitrogens with zero attached hydrogens (tertiary/aromatic N) is 2. The fraction of sp³-hybridized carbons (Fsp3) is 0.391. The summed E-state index contributed by atoms with van der Waals surface area (Å²) in [7, 11) is 3.13. The molecule has 2 aromatic carbocycles. The highest BCUT2D eigenvalue weighted by Gasteiger charge is 2.38. The molecule has 0 radical (unpaired) electrons. The van der Waals surface area contributed by atoms with Crippen molar-refractivity contribution in [1.82, 2.24) is 4.90 Å². The number of rotatable bonds is 5. The van der Waals surface area contributed by atoms with Gasteiger partial charge in [-0.1, -0.05) is 0 Å². The molecule has 7 nitrogen and oxygen atoms in total. The molecule has 158 valence electrons. The lowest BCUT2D eigenvalue weighted by Gasteiger charge is -2.47. The molecule has 0 saturated carbocycles. The highest BCUT2D eigenvalue weighted by Crippen LogP contribution is 2.36. The number of carbonyl (C=O) groups is 2. The molecule has 2 aliphatic heterocycles. The third-order valence-corrected chi connectivity index (χ3v) is 5.84. The van der Waals surface area contributed by atoms with Crippen LogP contribution in [0.4, 0.5) is 11.4 Å². The van der Waals surface area contributed by atoms with Crippen molar-refractivity contribution in [3.05, 3.63) is 47.5 Å². The van der Waals surface area contributed by atoms with Crippen molar-refractivity contribution in [2.45, 2.75) is 32.4 Å². The lowest BCUT2D eigenvalue weighted by Crippen LogP contribution is -2.57. The van der Waals surface area contributed by atoms with Crippen LogP contribution >= 0.6 is 0 Å². The topological polar surface area (TPSA) is 71.1 Å². The minimum atomic E-state index is -0.248. The minimum absolute atomic E-state index is 0.0592. The number of methoxy groups -OCH3 is 2. The van der Waals surface area contributed by atoms with E-state index in [0.29, 0.717) is 28.3 Å². The monoisotopic (exact) mass is 409 g/mol. The van der Waals surface area contributed by atoms with E-state index in [-0.39, 0.29) is 18.0 Å². The highest BCUT2D eigenvalue weighted by atomic mass is 16.5. The van der Waals surface area contributed by atoms with E-state index < -0.39 is 0 Å². The molecule has 2 amide bonds. The number of ether oxygens (including phenoxy) is 2. The summed E-state index contributed by atoms with van der Waals surface area (Å²) < 4.78 is 10.5. The maximum absolute atomic E-state index is 13.0. The number of piperidine rings is 1. The highest BCUT2D eigenvalue weighted by molar-refractivity contribution is 6.08. The molecule has 1 N–H and O–H groups in total. The van der Waals surface area contributed by atoms with Gasteiger partial charge in [-0.05, 0) is 44.4 Å². The number of hydrogen-bond acceptors (Lipinski definition) is 5. The second-order valence-electron chi connectivity index (χ2n) is 7.55. The Morgan fingerprint density at radius 3 is 2.50 bits per heavy atom. The molecule has 1 unspecified atom stereocenters. The van der Waals surface area contributed by atoms with Crippen LogP contribution in [0.3, 0.4) is 0 Å². The number of amides is 2. The predicted molar refractivity (Wildman–Crippen MR) is 116 cm³/mol. The van der Waals surface area contributed by atoms with Crippen LogP contribution < -0.4 is 19.7 Å². The van der Waals surface area contributed by atoms with E-state index >= 15 is 0 Å². The number of benzene rings is 2. The van der Waals surface area contributed by atoms with E-state index in [2.05, 4.69) is 17.1 Å². The summed E-state index contributed by atoms with van der Waals surface area (Å²) in [6, 6.07) is 10.5. The molecule has 2 heterocycles. The first-order valence-electron chi connectivity index (χ1n) is 10.3. The van der Waals surface area contributed by atoms with Crippen molar-refractivity contribution in [1.29, 1.82) is 0 Å². The Labute approximate surface area is 176 Å². The number of carbonyl (C=O) groups excluding carboxylic acids is 2. The van der Waals surface area contributed by atoms with Gasteiger partial charge < -0.3 is 24.6 Å². The Morgan fingerprint density at radius 1 is 1.10 bits per heavy atom. The quantitative estimate of drug-likeness (QED) is 0.814. The summed E-state index contributed by atoms with van der Waals surface area (Å²) in [4.78, 5) is 30.2. The molecule has 1 fully saturated rings. The molecule has 30 heavy (non-hydrogen) atoms. The van der Waals surface area contributed by atoms with E-state index in [1.165, 1.54) is 0 Å². The minimum Gasteiger partial charge on any atom is -0.497 e. The van der Waals surface area contributed by atoms with Crippen molar-refractivity contribution in [3.8, 4) is 11.5 Å². The second kappa shape index (κ2) is 8.26. The van der Waals surface area contributed by atoms with Crippen molar-refractivity contribution in [2.24, 2.45) is 0 Å². The number of fused-ring (bicyclic) bond motifs is 2. The van der Waals surface area contributed by atoms with Crippen LogP contribution in [0, 0.1) is 0 Å². The van der Waals surface area contributed by atoms with Crippen LogP contribution in [0.15, 0.2) is 36.4 Å². The number of nitrogens with one attached hydrogen (secondary N) is 1. The largest absolute Gasteiger partial charge is 0.497 e. The van der Waals surface area contributed by atoms with Gasteiger partial charge in [-0.2, -0.15) is 0 Å². The average molecular weight is 409 g/mol. The van der Waals surface area contributed by atoms with E-state index in [9.17, 15) is 9.59 Å². The SMILES string of the molecule is CCN1c2cc(C(=O)Nc3cc(OC)cc(OC)c3)ccc2C(=O)N2CCCCC21. The molecule has 0 bridgehead atoms. The first kappa shape index (κ1) is 20.1. The van der Waals surface area contributed by atoms with Crippen LogP contribution in [-0.2, 0) is 0 Å². The van der Waals surface area contributed by atoms with Gasteiger partial charge in [0.25, 0.3) is 11.8 Å². The van der Waals surface area contributed by atoms with Crippen molar-refractivity contribution < 1.29 is 19.1 Å². The zero-order chi connectivity index (χ0) is 21.3. The summed E-state index contributed by atoms with van der Waals surface area (Å²) in [5, 5.41) is 2.90. The predicted octanol–water partition coefficient (Wildman–Crippen LogP) is 3.75. The first-order chi connectivity index (χ1) is 14.5. The number of hydrogen-bond donors (Lipinski definition) is 1. The molecule has 1 saturated heterocycles. The smallest absolute Gasteiger partial charge is 0.257 e. The standard InChI is InChI=1S/C23H27N3O4/c1-4-25-20-11-15(8-9-19(20)23(28)26-10-6-5-7-21(25)26)22(27)24-16-12-17(29-2)14-18(13-16)30-3/h8-9,11-14,21H,4-7,10H2,1-3H3,(H,24,27). The second-order valence-corrected chi connectivity index (χ2v) is 7.55. The van der Waals surface area contributed by atoms with Gasteiger partial charge in [-0.15, -0.1) is 0 Å². The molecule has 0 spiro atoms. The summed E-state index contributed by atoms with van der Waals surface area (Å²) in [6.45, 7) is 3.65. The fourth-order valence-corrected chi connectivity index (χ4v) is 4.35. The first-order valence-corrected chi connectivity index (χ1v) is 10.3. The molecule has 7 heteroatoms. The van der Waals surface area contributed by atoms with E-state index in [0.717, 1.165) is 38.0 Å². The molecule has 0 aromatic heterocycles. The third-order valence-electron chi connectivity index (χ3n) is 5.84. The van der Waals surface area contributed by atoms with Crippen molar-refractivity contribution >= 4 is 23.2 Å². The zero-order valence-electron chi connectivity index (χ0n) is 17.6. The third kappa shape index (κ3) is 3.56. The lowest BCUT2D eigenvalue weighted by atomic mass is 9.97. The normalized spacial score (nSPS) is 17.8. The fourth-order valence-electron chi connectivity index (χ4n) is 4.35. The Morgan fingerprint density at radius 2 is 1.83 bits per heavy atom. The van der Waals surface area contributed by atoms with Crippen molar-refractivity contribution in [2.75, 3.05) is 37.5 Å². The zero-order valence-corrected chi connectivity index (χ0v) is 17.6. The summed E-state index contributed by atoms with van der Waals surface area (Å²) >= 11 is 0. The van der Waals surface area contributed by atoms with Crippen LogP contribution in [0.5, 0.6) is 11.5 Å². The Bertz CT molecular complexity index is 953. The molecular formula is C23H27N3O4. The molecular weight excluding hydrogens is 382 g/mol.